The van der Waals surface area contributed by atoms with Gasteiger partial charge in [0.25, 0.3) is 0 Å². The maximum absolute atomic E-state index is 12.5. The molecule has 11 heteroatoms. The SMILES string of the molecule is O=C(OC12CNCC(CN(c3ccc(Cl)nn3)C1)O2)C(F)(F)F. The molecule has 0 radical (unpaired) electrons. The van der Waals surface area contributed by atoms with Gasteiger partial charge in [-0.05, 0) is 12.1 Å². The van der Waals surface area contributed by atoms with E-state index in [4.69, 9.17) is 16.3 Å². The second kappa shape index (κ2) is 5.77. The van der Waals surface area contributed by atoms with Crippen LogP contribution in [0.3, 0.4) is 0 Å². The molecule has 2 saturated heterocycles. The Hall–Kier alpha value is -1.65. The van der Waals surface area contributed by atoms with Gasteiger partial charge in [-0.2, -0.15) is 13.2 Å². The van der Waals surface area contributed by atoms with Crippen molar-refractivity contribution in [3.8, 4) is 0 Å². The third-order valence-corrected chi connectivity index (χ3v) is 3.66. The van der Waals surface area contributed by atoms with E-state index in [0.29, 0.717) is 18.9 Å². The van der Waals surface area contributed by atoms with Crippen molar-refractivity contribution in [3.05, 3.63) is 17.3 Å². The average Bonchev–Trinajstić information content (AvgIpc) is 2.46. The number of rotatable bonds is 2. The van der Waals surface area contributed by atoms with Crippen molar-refractivity contribution >= 4 is 23.4 Å². The van der Waals surface area contributed by atoms with Gasteiger partial charge in [-0.3, -0.25) is 0 Å². The summed E-state index contributed by atoms with van der Waals surface area (Å²) in [5.41, 5.74) is 0. The lowest BCUT2D eigenvalue weighted by Gasteiger charge is -2.48. The van der Waals surface area contributed by atoms with Crippen LogP contribution in [0, 0.1) is 0 Å². The minimum atomic E-state index is -5.09. The Kier molecular flexibility index (Phi) is 4.07. The number of alkyl halides is 3. The van der Waals surface area contributed by atoms with E-state index in [0.717, 1.165) is 0 Å². The number of fused-ring (bicyclic) bond motifs is 2. The van der Waals surface area contributed by atoms with E-state index in [9.17, 15) is 18.0 Å². The highest BCUT2D eigenvalue weighted by molar-refractivity contribution is 6.29. The fourth-order valence-electron chi connectivity index (χ4n) is 2.58. The molecule has 0 aromatic carbocycles. The van der Waals surface area contributed by atoms with Crippen molar-refractivity contribution in [3.63, 3.8) is 0 Å². The van der Waals surface area contributed by atoms with Crippen molar-refractivity contribution in [2.45, 2.75) is 18.1 Å². The molecule has 3 heterocycles. The predicted octanol–water partition coefficient (Wildman–Crippen LogP) is 0.740. The summed E-state index contributed by atoms with van der Waals surface area (Å²) in [6, 6.07) is 3.10. The highest BCUT2D eigenvalue weighted by Crippen LogP contribution is 2.31. The van der Waals surface area contributed by atoms with Crippen LogP contribution in [0.2, 0.25) is 5.15 Å². The van der Waals surface area contributed by atoms with Gasteiger partial charge in [0.05, 0.1) is 19.2 Å². The van der Waals surface area contributed by atoms with Crippen molar-refractivity contribution in [1.82, 2.24) is 15.5 Å². The second-order valence-corrected chi connectivity index (χ2v) is 5.65. The third-order valence-electron chi connectivity index (χ3n) is 3.46. The van der Waals surface area contributed by atoms with E-state index in [1.54, 1.807) is 11.0 Å². The zero-order chi connectivity index (χ0) is 16.7. The Balaban J connectivity index is 1.81. The van der Waals surface area contributed by atoms with Gasteiger partial charge in [0, 0.05) is 13.1 Å². The molecule has 2 fully saturated rings. The summed E-state index contributed by atoms with van der Waals surface area (Å²) in [5, 5.41) is 10.7. The van der Waals surface area contributed by atoms with Gasteiger partial charge in [0.2, 0.25) is 5.79 Å². The number of hydrogen-bond donors (Lipinski definition) is 1. The van der Waals surface area contributed by atoms with E-state index in [1.807, 2.05) is 0 Å². The molecule has 1 aromatic heterocycles. The molecule has 0 spiro atoms. The van der Waals surface area contributed by atoms with Crippen LogP contribution in [0.5, 0.6) is 0 Å². The number of ether oxygens (including phenoxy) is 2. The normalized spacial score (nSPS) is 27.7. The lowest BCUT2D eigenvalue weighted by molar-refractivity contribution is -0.284. The Bertz CT molecular complexity index is 600. The molecule has 2 aliphatic rings. The summed E-state index contributed by atoms with van der Waals surface area (Å²) in [6.07, 6.45) is -5.54. The fraction of sp³-hybridized carbons (Fsp3) is 0.583. The molecule has 0 amide bonds. The van der Waals surface area contributed by atoms with E-state index in [1.165, 1.54) is 6.07 Å². The van der Waals surface area contributed by atoms with Gasteiger partial charge >= 0.3 is 12.1 Å². The lowest BCUT2D eigenvalue weighted by Crippen LogP contribution is -2.68. The molecule has 2 bridgehead atoms. The van der Waals surface area contributed by atoms with Crippen LogP contribution in [-0.4, -0.2) is 60.4 Å². The second-order valence-electron chi connectivity index (χ2n) is 5.26. The molecule has 3 rings (SSSR count). The van der Waals surface area contributed by atoms with Crippen molar-refractivity contribution in [2.75, 3.05) is 31.1 Å². The minimum Gasteiger partial charge on any atom is -0.423 e. The molecular weight excluding hydrogens is 341 g/mol. The molecule has 1 aromatic rings. The number of carbonyl (C=O) groups excluding carboxylic acids is 1. The molecule has 2 aliphatic heterocycles. The highest BCUT2D eigenvalue weighted by atomic mass is 35.5. The van der Waals surface area contributed by atoms with Gasteiger partial charge in [-0.1, -0.05) is 11.6 Å². The number of esters is 1. The van der Waals surface area contributed by atoms with Gasteiger partial charge in [-0.15, -0.1) is 10.2 Å². The van der Waals surface area contributed by atoms with Crippen molar-refractivity contribution in [1.29, 1.82) is 0 Å². The molecule has 1 N–H and O–H groups in total. The Morgan fingerprint density at radius 3 is 2.91 bits per heavy atom. The smallest absolute Gasteiger partial charge is 0.423 e. The number of anilines is 1. The molecular formula is C12H12ClF3N4O3. The van der Waals surface area contributed by atoms with Gasteiger partial charge < -0.3 is 19.7 Å². The number of hydrogen-bond acceptors (Lipinski definition) is 7. The third kappa shape index (κ3) is 3.48. The maximum Gasteiger partial charge on any atom is 0.491 e. The fourth-order valence-corrected chi connectivity index (χ4v) is 2.68. The van der Waals surface area contributed by atoms with Crippen LogP contribution in [-0.2, 0) is 14.3 Å². The minimum absolute atomic E-state index is 0.0527. The standard InChI is InChI=1S/C12H12ClF3N4O3/c13-8-1-2-9(19-18-8)20-4-7-3-17-5-11(6-20,22-7)23-10(21)12(14,15)16/h1-2,7,17H,3-6H2. The van der Waals surface area contributed by atoms with Crippen LogP contribution in [0.1, 0.15) is 0 Å². The van der Waals surface area contributed by atoms with Crippen LogP contribution in [0.25, 0.3) is 0 Å². The van der Waals surface area contributed by atoms with Crippen molar-refractivity contribution in [2.24, 2.45) is 0 Å². The first kappa shape index (κ1) is 16.2. The number of halogens is 4. The average molecular weight is 353 g/mol. The first-order valence-corrected chi connectivity index (χ1v) is 7.08. The number of aromatic nitrogens is 2. The van der Waals surface area contributed by atoms with Crippen LogP contribution < -0.4 is 10.2 Å². The van der Waals surface area contributed by atoms with E-state index < -0.39 is 24.0 Å². The van der Waals surface area contributed by atoms with Crippen LogP contribution in [0.15, 0.2) is 12.1 Å². The first-order valence-electron chi connectivity index (χ1n) is 6.70. The number of nitrogens with one attached hydrogen (secondary N) is 1. The zero-order valence-corrected chi connectivity index (χ0v) is 12.4. The van der Waals surface area contributed by atoms with Crippen LogP contribution >= 0.6 is 11.6 Å². The summed E-state index contributed by atoms with van der Waals surface area (Å²) in [7, 11) is 0. The Morgan fingerprint density at radius 2 is 2.26 bits per heavy atom. The monoisotopic (exact) mass is 352 g/mol. The summed E-state index contributed by atoms with van der Waals surface area (Å²) in [5.74, 6) is -3.60. The van der Waals surface area contributed by atoms with E-state index in [-0.39, 0.29) is 18.2 Å². The summed E-state index contributed by atoms with van der Waals surface area (Å²) in [6.45, 7) is 0.634. The van der Waals surface area contributed by atoms with E-state index in [2.05, 4.69) is 20.3 Å². The molecule has 2 unspecified atom stereocenters. The number of morpholine rings is 2. The number of carbonyl (C=O) groups is 1. The molecule has 0 saturated carbocycles. The summed E-state index contributed by atoms with van der Waals surface area (Å²) >= 11 is 5.67. The van der Waals surface area contributed by atoms with E-state index >= 15 is 0 Å². The van der Waals surface area contributed by atoms with Crippen molar-refractivity contribution < 1.29 is 27.4 Å². The molecule has 2 atom stereocenters. The molecule has 7 nitrogen and oxygen atoms in total. The molecule has 0 aliphatic carbocycles. The van der Waals surface area contributed by atoms with Gasteiger partial charge in [0.1, 0.15) is 0 Å². The van der Waals surface area contributed by atoms with Crippen LogP contribution in [0.4, 0.5) is 19.0 Å². The Morgan fingerprint density at radius 1 is 1.48 bits per heavy atom. The highest BCUT2D eigenvalue weighted by Gasteiger charge is 2.52. The summed E-state index contributed by atoms with van der Waals surface area (Å²) < 4.78 is 47.6. The quantitative estimate of drug-likeness (QED) is 0.787. The Labute approximate surface area is 133 Å². The predicted molar refractivity (Wildman–Crippen MR) is 71.9 cm³/mol. The van der Waals surface area contributed by atoms with Gasteiger partial charge in [-0.25, -0.2) is 4.79 Å². The number of nitrogens with zero attached hydrogens (tertiary/aromatic N) is 3. The maximum atomic E-state index is 12.5. The zero-order valence-electron chi connectivity index (χ0n) is 11.6. The summed E-state index contributed by atoms with van der Waals surface area (Å²) in [4.78, 5) is 12.9. The topological polar surface area (TPSA) is 76.6 Å². The lowest BCUT2D eigenvalue weighted by atomic mass is 10.1. The first-order chi connectivity index (χ1) is 10.8. The molecule has 126 valence electrons. The molecule has 23 heavy (non-hydrogen) atoms. The van der Waals surface area contributed by atoms with Gasteiger partial charge in [0.15, 0.2) is 11.0 Å². The largest absolute Gasteiger partial charge is 0.491 e.